The van der Waals surface area contributed by atoms with Crippen molar-refractivity contribution in [2.75, 3.05) is 6.54 Å². The Morgan fingerprint density at radius 2 is 2.15 bits per heavy atom. The van der Waals surface area contributed by atoms with E-state index in [2.05, 4.69) is 41.5 Å². The third-order valence-corrected chi connectivity index (χ3v) is 6.14. The number of carbonyl (C=O) groups is 1. The Morgan fingerprint density at radius 1 is 1.37 bits per heavy atom. The summed E-state index contributed by atoms with van der Waals surface area (Å²) in [6, 6.07) is 8.79. The Bertz CT molecular complexity index is 856. The molecule has 5 nitrogen and oxygen atoms in total. The molecule has 2 aromatic rings. The van der Waals surface area contributed by atoms with Crippen LogP contribution in [-0.2, 0) is 20.7 Å². The minimum Gasteiger partial charge on any atom is -0.457 e. The molecule has 0 radical (unpaired) electrons. The van der Waals surface area contributed by atoms with Crippen molar-refractivity contribution >= 4 is 16.9 Å². The maximum absolute atomic E-state index is 11.4. The van der Waals surface area contributed by atoms with Gasteiger partial charge < -0.3 is 19.8 Å². The number of hydrogen-bond donors (Lipinski definition) is 2. The predicted molar refractivity (Wildman–Crippen MR) is 106 cm³/mol. The second kappa shape index (κ2) is 6.64. The van der Waals surface area contributed by atoms with Crippen LogP contribution in [-0.4, -0.2) is 34.8 Å². The molecule has 0 bridgehead atoms. The summed E-state index contributed by atoms with van der Waals surface area (Å²) in [6.45, 7) is 8.52. The van der Waals surface area contributed by atoms with E-state index in [-0.39, 0.29) is 23.7 Å². The van der Waals surface area contributed by atoms with Crippen molar-refractivity contribution in [2.24, 2.45) is 0 Å². The number of aromatic amines is 1. The number of H-pyrrole nitrogens is 1. The molecule has 27 heavy (non-hydrogen) atoms. The average Bonchev–Trinajstić information content (AvgIpc) is 3.16. The average molecular weight is 370 g/mol. The summed E-state index contributed by atoms with van der Waals surface area (Å²) in [6.07, 6.45) is 3.76. The van der Waals surface area contributed by atoms with Crippen LogP contribution in [0.15, 0.2) is 24.3 Å². The van der Waals surface area contributed by atoms with Gasteiger partial charge in [0.05, 0.1) is 17.7 Å². The van der Waals surface area contributed by atoms with Crippen molar-refractivity contribution in [3.05, 3.63) is 35.5 Å². The number of esters is 1. The number of hydrogen-bond acceptors (Lipinski definition) is 4. The molecule has 2 aliphatic heterocycles. The monoisotopic (exact) mass is 370 g/mol. The highest BCUT2D eigenvalue weighted by molar-refractivity contribution is 5.85. The largest absolute Gasteiger partial charge is 0.457 e. The fourth-order valence-corrected chi connectivity index (χ4v) is 4.84. The summed E-state index contributed by atoms with van der Waals surface area (Å²) in [5, 5.41) is 5.02. The summed E-state index contributed by atoms with van der Waals surface area (Å²) in [7, 11) is 0. The number of fused-ring (bicyclic) bond motifs is 3. The van der Waals surface area contributed by atoms with E-state index in [1.165, 1.54) is 29.1 Å². The molecule has 0 spiro atoms. The van der Waals surface area contributed by atoms with Crippen molar-refractivity contribution in [1.29, 1.82) is 0 Å². The highest BCUT2D eigenvalue weighted by atomic mass is 16.6. The minimum absolute atomic E-state index is 0.0721. The van der Waals surface area contributed by atoms with Crippen molar-refractivity contribution in [3.63, 3.8) is 0 Å². The third-order valence-electron chi connectivity index (χ3n) is 6.14. The van der Waals surface area contributed by atoms with E-state index in [4.69, 9.17) is 9.47 Å². The van der Waals surface area contributed by atoms with Gasteiger partial charge in [-0.2, -0.15) is 0 Å². The second-order valence-electron chi connectivity index (χ2n) is 8.82. The minimum atomic E-state index is -0.601. The standard InChI is InChI=1S/C22H30N2O3/c1-14(25)26-21(2,3)19-9-11-22(4,27-19)13-18-20-16(10-12-23-18)15-7-5-6-8-17(15)24-20/h5-8,18-19,23-24H,9-13H2,1-4H3. The van der Waals surface area contributed by atoms with Crippen molar-refractivity contribution in [3.8, 4) is 0 Å². The van der Waals surface area contributed by atoms with E-state index in [1.54, 1.807) is 0 Å². The van der Waals surface area contributed by atoms with Crippen LogP contribution in [0.3, 0.4) is 0 Å². The summed E-state index contributed by atoms with van der Waals surface area (Å²) in [5.41, 5.74) is 3.12. The van der Waals surface area contributed by atoms with Gasteiger partial charge in [0.25, 0.3) is 0 Å². The molecular weight excluding hydrogens is 340 g/mol. The number of carbonyl (C=O) groups excluding carboxylic acids is 1. The zero-order chi connectivity index (χ0) is 19.2. The number of ether oxygens (including phenoxy) is 2. The second-order valence-corrected chi connectivity index (χ2v) is 8.82. The maximum Gasteiger partial charge on any atom is 0.303 e. The molecular formula is C22H30N2O3. The van der Waals surface area contributed by atoms with E-state index in [9.17, 15) is 4.79 Å². The van der Waals surface area contributed by atoms with Crippen LogP contribution < -0.4 is 5.32 Å². The number of nitrogens with one attached hydrogen (secondary N) is 2. The molecule has 1 fully saturated rings. The van der Waals surface area contributed by atoms with Gasteiger partial charge in [-0.15, -0.1) is 0 Å². The Hall–Kier alpha value is -1.85. The quantitative estimate of drug-likeness (QED) is 0.798. The molecule has 5 heteroatoms. The summed E-state index contributed by atoms with van der Waals surface area (Å²) in [4.78, 5) is 15.1. The molecule has 0 amide bonds. The molecule has 4 rings (SSSR count). The molecule has 2 N–H and O–H groups in total. The van der Waals surface area contributed by atoms with Crippen molar-refractivity contribution in [1.82, 2.24) is 10.3 Å². The lowest BCUT2D eigenvalue weighted by molar-refractivity contribution is -0.175. The number of para-hydroxylation sites is 1. The number of aromatic nitrogens is 1. The molecule has 1 aromatic carbocycles. The van der Waals surface area contributed by atoms with Gasteiger partial charge in [-0.05, 0) is 64.6 Å². The summed E-state index contributed by atoms with van der Waals surface area (Å²) >= 11 is 0. The number of benzene rings is 1. The smallest absolute Gasteiger partial charge is 0.303 e. The number of rotatable bonds is 4. The lowest BCUT2D eigenvalue weighted by Crippen LogP contribution is -2.43. The lowest BCUT2D eigenvalue weighted by Gasteiger charge is -2.35. The molecule has 0 saturated carbocycles. The van der Waals surface area contributed by atoms with E-state index in [1.807, 2.05) is 13.8 Å². The molecule has 0 aliphatic carbocycles. The third kappa shape index (κ3) is 3.50. The van der Waals surface area contributed by atoms with Crippen molar-refractivity contribution in [2.45, 2.75) is 76.7 Å². The van der Waals surface area contributed by atoms with Gasteiger partial charge >= 0.3 is 5.97 Å². The highest BCUT2D eigenvalue weighted by Crippen LogP contribution is 2.43. The Balaban J connectivity index is 1.53. The molecule has 146 valence electrons. The molecule has 1 saturated heterocycles. The predicted octanol–water partition coefficient (Wildman–Crippen LogP) is 4.02. The Kier molecular flexibility index (Phi) is 4.55. The Morgan fingerprint density at radius 3 is 2.93 bits per heavy atom. The summed E-state index contributed by atoms with van der Waals surface area (Å²) < 4.78 is 12.0. The SMILES string of the molecule is CC(=O)OC(C)(C)C1CCC(C)(CC2NCCc3c2[nH]c2ccccc32)O1. The molecule has 1 aromatic heterocycles. The lowest BCUT2D eigenvalue weighted by atomic mass is 9.88. The van der Waals surface area contributed by atoms with Crippen LogP contribution in [0.5, 0.6) is 0 Å². The zero-order valence-electron chi connectivity index (χ0n) is 16.7. The molecule has 3 atom stereocenters. The molecule has 3 unspecified atom stereocenters. The van der Waals surface area contributed by atoms with Crippen molar-refractivity contribution < 1.29 is 14.3 Å². The van der Waals surface area contributed by atoms with Crippen LogP contribution in [0.1, 0.15) is 64.3 Å². The first-order valence-electron chi connectivity index (χ1n) is 9.98. The first-order chi connectivity index (χ1) is 12.8. The highest BCUT2D eigenvalue weighted by Gasteiger charge is 2.46. The fraction of sp³-hybridized carbons (Fsp3) is 0.591. The van der Waals surface area contributed by atoms with E-state index >= 15 is 0 Å². The van der Waals surface area contributed by atoms with Crippen LogP contribution in [0, 0.1) is 0 Å². The van der Waals surface area contributed by atoms with Crippen LogP contribution in [0.4, 0.5) is 0 Å². The van der Waals surface area contributed by atoms with Gasteiger partial charge in [-0.3, -0.25) is 4.79 Å². The first-order valence-corrected chi connectivity index (χ1v) is 9.98. The summed E-state index contributed by atoms with van der Waals surface area (Å²) in [5.74, 6) is -0.256. The van der Waals surface area contributed by atoms with E-state index in [0.29, 0.717) is 0 Å². The van der Waals surface area contributed by atoms with Gasteiger partial charge in [0.1, 0.15) is 5.60 Å². The molecule has 2 aliphatic rings. The molecule has 3 heterocycles. The van der Waals surface area contributed by atoms with Gasteiger partial charge in [0, 0.05) is 23.5 Å². The van der Waals surface area contributed by atoms with Crippen LogP contribution >= 0.6 is 0 Å². The fourth-order valence-electron chi connectivity index (χ4n) is 4.84. The van der Waals surface area contributed by atoms with Gasteiger partial charge in [0.2, 0.25) is 0 Å². The van der Waals surface area contributed by atoms with Crippen LogP contribution in [0.2, 0.25) is 0 Å². The van der Waals surface area contributed by atoms with Gasteiger partial charge in [-0.25, -0.2) is 0 Å². The van der Waals surface area contributed by atoms with Gasteiger partial charge in [-0.1, -0.05) is 18.2 Å². The van der Waals surface area contributed by atoms with E-state index < -0.39 is 5.60 Å². The zero-order valence-corrected chi connectivity index (χ0v) is 16.7. The Labute approximate surface area is 160 Å². The van der Waals surface area contributed by atoms with E-state index in [0.717, 1.165) is 32.2 Å². The van der Waals surface area contributed by atoms with Crippen LogP contribution in [0.25, 0.3) is 10.9 Å². The van der Waals surface area contributed by atoms with Gasteiger partial charge in [0.15, 0.2) is 0 Å². The maximum atomic E-state index is 11.4. The normalized spacial score (nSPS) is 28.3. The topological polar surface area (TPSA) is 63.3 Å². The first kappa shape index (κ1) is 18.5.